The summed E-state index contributed by atoms with van der Waals surface area (Å²) in [6.07, 6.45) is 1.74. The summed E-state index contributed by atoms with van der Waals surface area (Å²) in [4.78, 5) is 0. The summed E-state index contributed by atoms with van der Waals surface area (Å²) in [5.41, 5.74) is 1.95. The zero-order chi connectivity index (χ0) is 8.39. The Morgan fingerprint density at radius 3 is 2.50 bits per heavy atom. The van der Waals surface area contributed by atoms with E-state index in [1.54, 1.807) is 6.20 Å². The van der Waals surface area contributed by atoms with E-state index in [9.17, 15) is 0 Å². The molecule has 0 amide bonds. The van der Waals surface area contributed by atoms with Gasteiger partial charge in [-0.2, -0.15) is 8.75 Å². The highest BCUT2D eigenvalue weighted by atomic mass is 35.5. The van der Waals surface area contributed by atoms with Crippen molar-refractivity contribution in [2.75, 3.05) is 0 Å². The van der Waals surface area contributed by atoms with Crippen LogP contribution in [0.15, 0.2) is 30.5 Å². The van der Waals surface area contributed by atoms with Gasteiger partial charge in [-0.05, 0) is 12.1 Å². The first-order valence-corrected chi connectivity index (χ1v) is 4.50. The summed E-state index contributed by atoms with van der Waals surface area (Å²) in [6, 6.07) is 7.55. The molecule has 0 aliphatic carbocycles. The summed E-state index contributed by atoms with van der Waals surface area (Å²) >= 11 is 6.95. The van der Waals surface area contributed by atoms with E-state index >= 15 is 0 Å². The highest BCUT2D eigenvalue weighted by molar-refractivity contribution is 6.99. The lowest BCUT2D eigenvalue weighted by molar-refractivity contribution is 1.49. The Morgan fingerprint density at radius 2 is 1.92 bits per heavy atom. The predicted octanol–water partition coefficient (Wildman–Crippen LogP) is 2.86. The van der Waals surface area contributed by atoms with Crippen LogP contribution < -0.4 is 0 Å². The lowest BCUT2D eigenvalue weighted by Crippen LogP contribution is -1.74. The van der Waals surface area contributed by atoms with Crippen LogP contribution in [0.1, 0.15) is 0 Å². The second-order valence-electron chi connectivity index (χ2n) is 2.30. The number of benzene rings is 1. The fraction of sp³-hybridized carbons (Fsp3) is 0. The Morgan fingerprint density at radius 1 is 1.17 bits per heavy atom. The van der Waals surface area contributed by atoms with Crippen molar-refractivity contribution in [3.05, 3.63) is 35.5 Å². The van der Waals surface area contributed by atoms with Crippen molar-refractivity contribution < 1.29 is 0 Å². The minimum Gasteiger partial charge on any atom is -0.181 e. The van der Waals surface area contributed by atoms with Crippen molar-refractivity contribution in [3.63, 3.8) is 0 Å². The fourth-order valence-corrected chi connectivity index (χ4v) is 1.47. The number of hydrogen-bond donors (Lipinski definition) is 0. The van der Waals surface area contributed by atoms with Gasteiger partial charge in [-0.25, -0.2) is 0 Å². The third kappa shape index (κ3) is 1.47. The maximum absolute atomic E-state index is 5.74. The minimum atomic E-state index is 0.738. The van der Waals surface area contributed by atoms with Crippen LogP contribution in [0.3, 0.4) is 0 Å². The molecule has 0 saturated carbocycles. The molecular weight excluding hydrogens is 192 g/mol. The molecule has 60 valence electrons. The van der Waals surface area contributed by atoms with Gasteiger partial charge < -0.3 is 0 Å². The average Bonchev–Trinajstić information content (AvgIpc) is 2.58. The van der Waals surface area contributed by atoms with Gasteiger partial charge in [0.05, 0.1) is 17.9 Å². The molecule has 0 radical (unpaired) electrons. The summed E-state index contributed by atoms with van der Waals surface area (Å²) in [5, 5.41) is 0.738. The second-order valence-corrected chi connectivity index (χ2v) is 3.29. The first-order chi connectivity index (χ1) is 5.86. The van der Waals surface area contributed by atoms with Gasteiger partial charge in [0.1, 0.15) is 5.69 Å². The first kappa shape index (κ1) is 7.71. The molecule has 0 spiro atoms. The summed E-state index contributed by atoms with van der Waals surface area (Å²) < 4.78 is 8.02. The molecule has 12 heavy (non-hydrogen) atoms. The van der Waals surface area contributed by atoms with E-state index in [1.165, 1.54) is 11.7 Å². The van der Waals surface area contributed by atoms with Gasteiger partial charge >= 0.3 is 0 Å². The van der Waals surface area contributed by atoms with Crippen LogP contribution in [0.25, 0.3) is 11.3 Å². The molecule has 1 aromatic heterocycles. The average molecular weight is 197 g/mol. The second kappa shape index (κ2) is 3.21. The van der Waals surface area contributed by atoms with E-state index in [-0.39, 0.29) is 0 Å². The van der Waals surface area contributed by atoms with Crippen LogP contribution in [0.2, 0.25) is 5.02 Å². The van der Waals surface area contributed by atoms with Crippen LogP contribution in [0.4, 0.5) is 0 Å². The van der Waals surface area contributed by atoms with Gasteiger partial charge in [0.15, 0.2) is 0 Å². The molecule has 0 aliphatic rings. The van der Waals surface area contributed by atoms with Crippen LogP contribution >= 0.6 is 23.3 Å². The van der Waals surface area contributed by atoms with E-state index < -0.39 is 0 Å². The van der Waals surface area contributed by atoms with E-state index in [0.29, 0.717) is 0 Å². The molecule has 0 atom stereocenters. The molecule has 1 heterocycles. The van der Waals surface area contributed by atoms with E-state index in [2.05, 4.69) is 8.75 Å². The zero-order valence-electron chi connectivity index (χ0n) is 6.07. The predicted molar refractivity (Wildman–Crippen MR) is 50.4 cm³/mol. The number of nitrogens with zero attached hydrogens (tertiary/aromatic N) is 2. The molecule has 2 nitrogen and oxygen atoms in total. The maximum atomic E-state index is 5.74. The normalized spacial score (nSPS) is 10.1. The highest BCUT2D eigenvalue weighted by Gasteiger charge is 1.98. The van der Waals surface area contributed by atoms with Crippen LogP contribution in [0.5, 0.6) is 0 Å². The lowest BCUT2D eigenvalue weighted by atomic mass is 10.2. The molecule has 4 heteroatoms. The molecule has 0 bridgehead atoms. The Hall–Kier alpha value is -0.930. The van der Waals surface area contributed by atoms with Crippen LogP contribution in [-0.2, 0) is 0 Å². The Labute approximate surface area is 79.2 Å². The molecule has 2 rings (SSSR count). The monoisotopic (exact) mass is 196 g/mol. The number of aromatic nitrogens is 2. The maximum Gasteiger partial charge on any atom is 0.104 e. The largest absolute Gasteiger partial charge is 0.181 e. The smallest absolute Gasteiger partial charge is 0.104 e. The molecule has 2 aromatic rings. The van der Waals surface area contributed by atoms with Crippen LogP contribution in [-0.4, -0.2) is 8.75 Å². The van der Waals surface area contributed by atoms with Crippen molar-refractivity contribution in [1.29, 1.82) is 0 Å². The molecular formula is C8H5ClN2S. The first-order valence-electron chi connectivity index (χ1n) is 3.40. The third-order valence-electron chi connectivity index (χ3n) is 1.50. The Bertz CT molecular complexity index is 355. The third-order valence-corrected chi connectivity index (χ3v) is 2.23. The molecule has 0 fully saturated rings. The zero-order valence-corrected chi connectivity index (χ0v) is 7.64. The van der Waals surface area contributed by atoms with Gasteiger partial charge in [0, 0.05) is 10.6 Å². The SMILES string of the molecule is Clc1ccc(-c2cnsn2)cc1. The number of hydrogen-bond acceptors (Lipinski definition) is 3. The summed E-state index contributed by atoms with van der Waals surface area (Å²) in [7, 11) is 0. The molecule has 0 unspecified atom stereocenters. The van der Waals surface area contributed by atoms with E-state index in [0.717, 1.165) is 16.3 Å². The minimum absolute atomic E-state index is 0.738. The van der Waals surface area contributed by atoms with Crippen molar-refractivity contribution >= 4 is 23.3 Å². The summed E-state index contributed by atoms with van der Waals surface area (Å²) in [6.45, 7) is 0. The Balaban J connectivity index is 2.43. The molecule has 0 saturated heterocycles. The molecule has 0 N–H and O–H groups in total. The van der Waals surface area contributed by atoms with Gasteiger partial charge in [-0.3, -0.25) is 0 Å². The van der Waals surface area contributed by atoms with Crippen molar-refractivity contribution in [3.8, 4) is 11.3 Å². The van der Waals surface area contributed by atoms with E-state index in [4.69, 9.17) is 11.6 Å². The standard InChI is InChI=1S/C8H5ClN2S/c9-7-3-1-6(2-4-7)8-5-10-12-11-8/h1-5H. The van der Waals surface area contributed by atoms with Gasteiger partial charge in [0.2, 0.25) is 0 Å². The molecule has 0 aliphatic heterocycles. The van der Waals surface area contributed by atoms with Gasteiger partial charge in [0.25, 0.3) is 0 Å². The highest BCUT2D eigenvalue weighted by Crippen LogP contribution is 2.19. The van der Waals surface area contributed by atoms with E-state index in [1.807, 2.05) is 24.3 Å². The lowest BCUT2D eigenvalue weighted by Gasteiger charge is -1.93. The topological polar surface area (TPSA) is 25.8 Å². The van der Waals surface area contributed by atoms with Crippen molar-refractivity contribution in [2.45, 2.75) is 0 Å². The Kier molecular flexibility index (Phi) is 2.06. The quantitative estimate of drug-likeness (QED) is 0.701. The van der Waals surface area contributed by atoms with Gasteiger partial charge in [-0.15, -0.1) is 0 Å². The van der Waals surface area contributed by atoms with Crippen molar-refractivity contribution in [2.24, 2.45) is 0 Å². The van der Waals surface area contributed by atoms with Crippen molar-refractivity contribution in [1.82, 2.24) is 8.75 Å². The molecule has 1 aromatic carbocycles. The fourth-order valence-electron chi connectivity index (χ4n) is 0.913. The number of halogens is 1. The summed E-state index contributed by atoms with van der Waals surface area (Å²) in [5.74, 6) is 0. The number of rotatable bonds is 1. The van der Waals surface area contributed by atoms with Crippen LogP contribution in [0, 0.1) is 0 Å². The van der Waals surface area contributed by atoms with Gasteiger partial charge in [-0.1, -0.05) is 23.7 Å².